The molecule has 5 rings (SSSR count). The molecule has 17 nitrogen and oxygen atoms in total. The summed E-state index contributed by atoms with van der Waals surface area (Å²) >= 11 is 0. The fraction of sp³-hybridized carbons (Fsp3) is 0.933. The highest BCUT2D eigenvalue weighted by atomic mass is 16.7. The lowest BCUT2D eigenvalue weighted by Gasteiger charge is -2.48. The smallest absolute Gasteiger partial charge is 0.309 e. The zero-order chi connectivity index (χ0) is 34.3. The Morgan fingerprint density at radius 2 is 1.38 bits per heavy atom. The second-order valence-corrected chi connectivity index (χ2v) is 13.9. The Labute approximate surface area is 270 Å². The molecule has 2 heterocycles. The Morgan fingerprint density at radius 1 is 0.723 bits per heavy atom. The topological polar surface area (TPSA) is 286 Å². The van der Waals surface area contributed by atoms with Gasteiger partial charge in [0.25, 0.3) is 0 Å². The summed E-state index contributed by atoms with van der Waals surface area (Å²) in [6, 6.07) is 0. The van der Waals surface area contributed by atoms with Crippen molar-refractivity contribution in [3.63, 3.8) is 0 Å². The van der Waals surface area contributed by atoms with Crippen molar-refractivity contribution in [2.24, 2.45) is 17.8 Å². The maximum absolute atomic E-state index is 13.2. The second-order valence-electron chi connectivity index (χ2n) is 13.9. The lowest BCUT2D eigenvalue weighted by molar-refractivity contribution is -0.333. The Balaban J connectivity index is 1.33. The number of aliphatic hydroxyl groups is 12. The highest BCUT2D eigenvalue weighted by Gasteiger charge is 2.55. The standard InChI is InChI=1S/C30H48O17/c1-10(31)43-9-22-25(40)26(41)28(47-29(42)12-3-16(34)23(38)17(35)4-12)30(46-22)45-21-5-11(2-18(36)24(21)39)27-19(37)8-14-15(33)6-13(32)7-20(14)44-27/h11-28,30,32-41H,2-9H2,1H3/p+1/t11?,12?,13?,14?,15?,16?,17?,18?,19?,20?,21?,22-,23?,24?,25+,26+,27?,28-,30-/m1/s1. The van der Waals surface area contributed by atoms with Gasteiger partial charge in [0.15, 0.2) is 24.6 Å². The van der Waals surface area contributed by atoms with E-state index in [0.717, 1.165) is 6.92 Å². The van der Waals surface area contributed by atoms with Crippen molar-refractivity contribution in [1.29, 1.82) is 0 Å². The summed E-state index contributed by atoms with van der Waals surface area (Å²) in [5.41, 5.74) is 0. The molecule has 5 aliphatic rings. The third kappa shape index (κ3) is 8.09. The summed E-state index contributed by atoms with van der Waals surface area (Å²) < 4.78 is 27.1. The van der Waals surface area contributed by atoms with Crippen LogP contribution in [-0.4, -0.2) is 172 Å². The van der Waals surface area contributed by atoms with Gasteiger partial charge in [-0.05, 0) is 32.1 Å². The van der Waals surface area contributed by atoms with Crippen molar-refractivity contribution >= 4 is 11.9 Å². The normalized spacial score (nSPS) is 50.7. The molecule has 0 bridgehead atoms. The molecule has 17 atom stereocenters. The minimum absolute atomic E-state index is 0.0125. The molecule has 0 aromatic carbocycles. The molecular weight excluding hydrogens is 632 g/mol. The summed E-state index contributed by atoms with van der Waals surface area (Å²) in [5.74, 6) is -3.69. The van der Waals surface area contributed by atoms with Crippen molar-refractivity contribution < 1.29 is 84.3 Å². The highest BCUT2D eigenvalue weighted by Crippen LogP contribution is 2.41. The Bertz CT molecular complexity index is 1070. The fourth-order valence-corrected chi connectivity index (χ4v) is 7.85. The van der Waals surface area contributed by atoms with E-state index in [-0.39, 0.29) is 44.4 Å². The molecule has 5 fully saturated rings. The van der Waals surface area contributed by atoms with Gasteiger partial charge in [-0.1, -0.05) is 0 Å². The van der Waals surface area contributed by atoms with Gasteiger partial charge >= 0.3 is 11.9 Å². The van der Waals surface area contributed by atoms with E-state index in [4.69, 9.17) is 23.7 Å². The first-order chi connectivity index (χ1) is 22.1. The number of hydrogen-bond donors (Lipinski definition) is 10. The van der Waals surface area contributed by atoms with E-state index in [1.165, 1.54) is 0 Å². The van der Waals surface area contributed by atoms with Gasteiger partial charge in [-0.3, -0.25) is 9.59 Å². The molecular formula is C30H49O17+. The van der Waals surface area contributed by atoms with Gasteiger partial charge in [-0.2, -0.15) is 0 Å². The van der Waals surface area contributed by atoms with Crippen LogP contribution in [0.4, 0.5) is 0 Å². The lowest BCUT2D eigenvalue weighted by Crippen LogP contribution is -2.63. The molecule has 47 heavy (non-hydrogen) atoms. The van der Waals surface area contributed by atoms with Crippen LogP contribution < -0.4 is 0 Å². The SMILES string of the molecule is CC(=O)OC[C@H]1O[C@@H](OC2CC(C3[OH+]C4CC(O)CC(O)C4CC3O)CC(O)C2O)[C@H](OC(=O)C2CC(O)C(O)C(O)C2)[C@@H](O)[C@H]1O. The maximum Gasteiger partial charge on any atom is 0.309 e. The van der Waals surface area contributed by atoms with Crippen molar-refractivity contribution in [3.05, 3.63) is 0 Å². The second kappa shape index (κ2) is 15.1. The Hall–Kier alpha value is -1.58. The van der Waals surface area contributed by atoms with Gasteiger partial charge in [0, 0.05) is 25.7 Å². The van der Waals surface area contributed by atoms with Crippen molar-refractivity contribution in [3.8, 4) is 0 Å². The number of hydrogen-bond acceptors (Lipinski definition) is 16. The molecule has 0 amide bonds. The minimum Gasteiger partial charge on any atom is -0.463 e. The van der Waals surface area contributed by atoms with Gasteiger partial charge in [0.05, 0.1) is 48.5 Å². The Morgan fingerprint density at radius 3 is 2.04 bits per heavy atom. The molecule has 0 aromatic rings. The van der Waals surface area contributed by atoms with Gasteiger partial charge in [-0.25, -0.2) is 0 Å². The van der Waals surface area contributed by atoms with Crippen LogP contribution in [0.25, 0.3) is 0 Å². The van der Waals surface area contributed by atoms with Crippen LogP contribution in [0.3, 0.4) is 0 Å². The first kappa shape index (κ1) is 36.7. The van der Waals surface area contributed by atoms with E-state index < -0.39 is 128 Å². The number of rotatable bonds is 7. The summed E-state index contributed by atoms with van der Waals surface area (Å²) in [6.07, 6.45) is -20.3. The highest BCUT2D eigenvalue weighted by molar-refractivity contribution is 5.73. The van der Waals surface area contributed by atoms with Crippen molar-refractivity contribution in [2.45, 2.75) is 150 Å². The number of carbonyl (C=O) groups excluding carboxylic acids is 2. The largest absolute Gasteiger partial charge is 0.463 e. The average molecular weight is 682 g/mol. The van der Waals surface area contributed by atoms with E-state index >= 15 is 0 Å². The van der Waals surface area contributed by atoms with Crippen LogP contribution in [0.15, 0.2) is 0 Å². The van der Waals surface area contributed by atoms with Gasteiger partial charge in [-0.15, -0.1) is 0 Å². The van der Waals surface area contributed by atoms with E-state index in [1.807, 2.05) is 0 Å². The summed E-state index contributed by atoms with van der Waals surface area (Å²) in [6.45, 7) is 0.606. The third-order valence-corrected chi connectivity index (χ3v) is 10.5. The van der Waals surface area contributed by atoms with Gasteiger partial charge < -0.3 is 74.7 Å². The van der Waals surface area contributed by atoms with E-state index in [0.29, 0.717) is 6.42 Å². The maximum atomic E-state index is 13.2. The van der Waals surface area contributed by atoms with Crippen molar-refractivity contribution in [2.75, 3.05) is 6.61 Å². The summed E-state index contributed by atoms with van der Waals surface area (Å²) in [4.78, 5) is 24.6. The number of carbonyl (C=O) groups is 2. The predicted octanol–water partition coefficient (Wildman–Crippen LogP) is -4.92. The molecule has 0 radical (unpaired) electrons. The molecule has 0 spiro atoms. The summed E-state index contributed by atoms with van der Waals surface area (Å²) in [7, 11) is 0. The fourth-order valence-electron chi connectivity index (χ4n) is 7.85. The monoisotopic (exact) mass is 681 g/mol. The Kier molecular flexibility index (Phi) is 11.8. The molecule has 270 valence electrons. The molecule has 17 heteroatoms. The zero-order valence-electron chi connectivity index (χ0n) is 26.0. The van der Waals surface area contributed by atoms with Crippen LogP contribution in [0.2, 0.25) is 0 Å². The molecule has 2 aliphatic heterocycles. The first-order valence-corrected chi connectivity index (χ1v) is 16.3. The molecule has 11 N–H and O–H groups in total. The molecule has 0 aromatic heterocycles. The van der Waals surface area contributed by atoms with Crippen LogP contribution in [0.1, 0.15) is 51.9 Å². The molecule has 2 saturated heterocycles. The molecule has 3 saturated carbocycles. The molecule has 3 aliphatic carbocycles. The number of fused-ring (bicyclic) bond motifs is 1. The van der Waals surface area contributed by atoms with Crippen molar-refractivity contribution in [1.82, 2.24) is 0 Å². The zero-order valence-corrected chi connectivity index (χ0v) is 26.0. The van der Waals surface area contributed by atoms with Crippen LogP contribution in [0.5, 0.6) is 0 Å². The van der Waals surface area contributed by atoms with Crippen LogP contribution in [-0.2, 0) is 28.5 Å². The summed E-state index contributed by atoms with van der Waals surface area (Å²) in [5, 5.41) is 105. The van der Waals surface area contributed by atoms with Crippen LogP contribution >= 0.6 is 0 Å². The van der Waals surface area contributed by atoms with Gasteiger partial charge in [0.2, 0.25) is 0 Å². The van der Waals surface area contributed by atoms with Gasteiger partial charge in [0.1, 0.15) is 43.2 Å². The van der Waals surface area contributed by atoms with E-state index in [9.17, 15) is 60.7 Å². The third-order valence-electron chi connectivity index (χ3n) is 10.5. The van der Waals surface area contributed by atoms with Crippen LogP contribution in [0, 0.1) is 17.8 Å². The number of aliphatic hydroxyl groups excluding tert-OH is 10. The average Bonchev–Trinajstić information content (AvgIpc) is 3.00. The number of esters is 2. The quantitative estimate of drug-likeness (QED) is 0.0890. The van der Waals surface area contributed by atoms with E-state index in [2.05, 4.69) is 0 Å². The van der Waals surface area contributed by atoms with E-state index in [1.54, 1.807) is 0 Å². The minimum atomic E-state index is -1.86. The number of ether oxygens (including phenoxy) is 5. The lowest BCUT2D eigenvalue weighted by atomic mass is 9.72. The first-order valence-electron chi connectivity index (χ1n) is 16.3. The molecule has 12 unspecified atom stereocenters. The predicted molar refractivity (Wildman–Crippen MR) is 153 cm³/mol.